The first kappa shape index (κ1) is 11.4. The lowest BCUT2D eigenvalue weighted by Crippen LogP contribution is -1.96. The van der Waals surface area contributed by atoms with Crippen LogP contribution >= 0.6 is 11.6 Å². The summed E-state index contributed by atoms with van der Waals surface area (Å²) in [6, 6.07) is 1.16. The van der Waals surface area contributed by atoms with Crippen LogP contribution in [-0.4, -0.2) is 15.1 Å². The molecule has 0 bridgehead atoms. The lowest BCUT2D eigenvalue weighted by Gasteiger charge is -1.99. The van der Waals surface area contributed by atoms with Crippen LogP contribution in [0.4, 0.5) is 14.5 Å². The summed E-state index contributed by atoms with van der Waals surface area (Å²) < 4.78 is 31.2. The van der Waals surface area contributed by atoms with E-state index in [9.17, 15) is 18.9 Å². The maximum atomic E-state index is 13.6. The second-order valence-corrected chi connectivity index (χ2v) is 3.25. The Labute approximate surface area is 97.0 Å². The fourth-order valence-electron chi connectivity index (χ4n) is 1.18. The first-order chi connectivity index (χ1) is 7.99. The van der Waals surface area contributed by atoms with Crippen LogP contribution in [-0.2, 0) is 0 Å². The van der Waals surface area contributed by atoms with Gasteiger partial charge in [-0.1, -0.05) is 0 Å². The second kappa shape index (κ2) is 4.06. The van der Waals surface area contributed by atoms with Crippen molar-refractivity contribution in [3.05, 3.63) is 39.2 Å². The quantitative estimate of drug-likeness (QED) is 0.613. The van der Waals surface area contributed by atoms with E-state index in [1.165, 1.54) is 0 Å². The van der Waals surface area contributed by atoms with E-state index in [2.05, 4.69) is 14.7 Å². The molecule has 0 aliphatic rings. The van der Waals surface area contributed by atoms with E-state index in [1.54, 1.807) is 0 Å². The SMILES string of the molecule is O=[N+]([O-])c1cc(F)cc(-c2nc(Cl)no2)c1F. The van der Waals surface area contributed by atoms with Crippen molar-refractivity contribution in [2.75, 3.05) is 0 Å². The minimum Gasteiger partial charge on any atom is -0.333 e. The summed E-state index contributed by atoms with van der Waals surface area (Å²) in [7, 11) is 0. The van der Waals surface area contributed by atoms with Crippen LogP contribution in [0, 0.1) is 21.7 Å². The summed E-state index contributed by atoms with van der Waals surface area (Å²) in [6.07, 6.45) is 0. The summed E-state index contributed by atoms with van der Waals surface area (Å²) in [4.78, 5) is 12.9. The van der Waals surface area contributed by atoms with Crippen molar-refractivity contribution in [2.24, 2.45) is 0 Å². The molecule has 0 amide bonds. The van der Waals surface area contributed by atoms with Gasteiger partial charge in [-0.15, -0.1) is 0 Å². The smallest absolute Gasteiger partial charge is 0.308 e. The van der Waals surface area contributed by atoms with Crippen LogP contribution in [0.5, 0.6) is 0 Å². The first-order valence-electron chi connectivity index (χ1n) is 4.12. The zero-order valence-electron chi connectivity index (χ0n) is 7.85. The zero-order chi connectivity index (χ0) is 12.6. The van der Waals surface area contributed by atoms with Crippen molar-refractivity contribution in [2.45, 2.75) is 0 Å². The van der Waals surface area contributed by atoms with Crippen LogP contribution < -0.4 is 0 Å². The number of aromatic nitrogens is 2. The Morgan fingerprint density at radius 2 is 2.12 bits per heavy atom. The third-order valence-electron chi connectivity index (χ3n) is 1.85. The van der Waals surface area contributed by atoms with Gasteiger partial charge in [0.15, 0.2) is 0 Å². The van der Waals surface area contributed by atoms with E-state index in [4.69, 9.17) is 11.6 Å². The molecule has 17 heavy (non-hydrogen) atoms. The number of nitrogens with zero attached hydrogens (tertiary/aromatic N) is 3. The monoisotopic (exact) mass is 261 g/mol. The molecule has 0 radical (unpaired) electrons. The Kier molecular flexibility index (Phi) is 2.72. The molecule has 9 heteroatoms. The Balaban J connectivity index is 2.66. The highest BCUT2D eigenvalue weighted by Crippen LogP contribution is 2.29. The molecular formula is C8H2ClF2N3O3. The molecule has 0 atom stereocenters. The molecule has 0 spiro atoms. The van der Waals surface area contributed by atoms with Gasteiger partial charge < -0.3 is 4.52 Å². The predicted molar refractivity (Wildman–Crippen MR) is 51.3 cm³/mol. The Morgan fingerprint density at radius 1 is 1.41 bits per heavy atom. The van der Waals surface area contributed by atoms with Gasteiger partial charge in [-0.2, -0.15) is 9.37 Å². The molecule has 1 aromatic carbocycles. The lowest BCUT2D eigenvalue weighted by molar-refractivity contribution is -0.387. The maximum absolute atomic E-state index is 13.6. The molecule has 0 fully saturated rings. The van der Waals surface area contributed by atoms with Crippen LogP contribution in [0.25, 0.3) is 11.5 Å². The number of halogens is 3. The van der Waals surface area contributed by atoms with Gasteiger partial charge in [-0.3, -0.25) is 10.1 Å². The standard InChI is InChI=1S/C8H2ClF2N3O3/c9-8-12-7(17-13-8)4-1-3(10)2-5(6(4)11)14(15)16/h1-2H. The van der Waals surface area contributed by atoms with Crippen molar-refractivity contribution in [3.8, 4) is 11.5 Å². The van der Waals surface area contributed by atoms with Gasteiger partial charge >= 0.3 is 5.69 Å². The van der Waals surface area contributed by atoms with Gasteiger partial charge in [0.25, 0.3) is 11.2 Å². The lowest BCUT2D eigenvalue weighted by atomic mass is 10.2. The molecule has 0 aliphatic carbocycles. The third kappa shape index (κ3) is 2.07. The molecule has 0 unspecified atom stereocenters. The van der Waals surface area contributed by atoms with Crippen molar-refractivity contribution in [1.29, 1.82) is 0 Å². The molecule has 1 aromatic heterocycles. The Bertz CT molecular complexity index is 602. The minimum absolute atomic E-state index is 0.314. The second-order valence-electron chi connectivity index (χ2n) is 2.91. The average molecular weight is 262 g/mol. The van der Waals surface area contributed by atoms with E-state index in [0.29, 0.717) is 12.1 Å². The highest BCUT2D eigenvalue weighted by molar-refractivity contribution is 6.28. The van der Waals surface area contributed by atoms with Crippen LogP contribution in [0.2, 0.25) is 5.28 Å². The number of rotatable bonds is 2. The van der Waals surface area contributed by atoms with Crippen LogP contribution in [0.15, 0.2) is 16.7 Å². The molecule has 2 aromatic rings. The molecule has 6 nitrogen and oxygen atoms in total. The van der Waals surface area contributed by atoms with Gasteiger partial charge in [0, 0.05) is 0 Å². The van der Waals surface area contributed by atoms with Gasteiger partial charge in [0.05, 0.1) is 16.6 Å². The van der Waals surface area contributed by atoms with E-state index in [0.717, 1.165) is 0 Å². The Hall–Kier alpha value is -2.09. The van der Waals surface area contributed by atoms with Crippen LogP contribution in [0.1, 0.15) is 0 Å². The zero-order valence-corrected chi connectivity index (χ0v) is 8.61. The average Bonchev–Trinajstić information content (AvgIpc) is 2.67. The van der Waals surface area contributed by atoms with Crippen LogP contribution in [0.3, 0.4) is 0 Å². The molecule has 88 valence electrons. The number of nitro benzene ring substituents is 1. The van der Waals surface area contributed by atoms with Crippen molar-refractivity contribution >= 4 is 17.3 Å². The minimum atomic E-state index is -1.27. The first-order valence-corrected chi connectivity index (χ1v) is 4.50. The highest BCUT2D eigenvalue weighted by atomic mass is 35.5. The molecule has 0 saturated carbocycles. The molecular weight excluding hydrogens is 260 g/mol. The summed E-state index contributed by atoms with van der Waals surface area (Å²) in [5, 5.41) is 13.3. The molecule has 0 saturated heterocycles. The van der Waals surface area contributed by atoms with Gasteiger partial charge in [-0.25, -0.2) is 4.39 Å². The van der Waals surface area contributed by atoms with E-state index in [1.807, 2.05) is 0 Å². The summed E-state index contributed by atoms with van der Waals surface area (Å²) in [5.41, 5.74) is -1.54. The van der Waals surface area contributed by atoms with Crippen molar-refractivity contribution < 1.29 is 18.2 Å². The molecule has 0 N–H and O–H groups in total. The topological polar surface area (TPSA) is 82.1 Å². The largest absolute Gasteiger partial charge is 0.333 e. The molecule has 0 aliphatic heterocycles. The molecule has 2 rings (SSSR count). The predicted octanol–water partition coefficient (Wildman–Crippen LogP) is 2.58. The number of benzene rings is 1. The fraction of sp³-hybridized carbons (Fsp3) is 0. The van der Waals surface area contributed by atoms with E-state index >= 15 is 0 Å². The number of hydrogen-bond donors (Lipinski definition) is 0. The number of nitro groups is 1. The summed E-state index contributed by atoms with van der Waals surface area (Å²) >= 11 is 5.34. The fourth-order valence-corrected chi connectivity index (χ4v) is 1.29. The van der Waals surface area contributed by atoms with Gasteiger partial charge in [0.1, 0.15) is 5.82 Å². The van der Waals surface area contributed by atoms with E-state index in [-0.39, 0.29) is 5.28 Å². The van der Waals surface area contributed by atoms with Crippen molar-refractivity contribution in [1.82, 2.24) is 10.1 Å². The molecule has 1 heterocycles. The van der Waals surface area contributed by atoms with Gasteiger partial charge in [-0.05, 0) is 22.8 Å². The van der Waals surface area contributed by atoms with Crippen molar-refractivity contribution in [3.63, 3.8) is 0 Å². The summed E-state index contributed by atoms with van der Waals surface area (Å²) in [5.74, 6) is -2.70. The van der Waals surface area contributed by atoms with Gasteiger partial charge in [0.2, 0.25) is 5.82 Å². The van der Waals surface area contributed by atoms with E-state index < -0.39 is 33.7 Å². The third-order valence-corrected chi connectivity index (χ3v) is 2.00. The Morgan fingerprint density at radius 3 is 2.65 bits per heavy atom. The normalized spacial score (nSPS) is 10.5. The number of hydrogen-bond acceptors (Lipinski definition) is 5. The highest BCUT2D eigenvalue weighted by Gasteiger charge is 2.24. The summed E-state index contributed by atoms with van der Waals surface area (Å²) in [6.45, 7) is 0. The maximum Gasteiger partial charge on any atom is 0.308 e.